The minimum atomic E-state index is -0.494. The fourth-order valence-corrected chi connectivity index (χ4v) is 5.76. The molecule has 0 spiro atoms. The highest BCUT2D eigenvalue weighted by atomic mass is 32.1. The number of carbonyl (C=O) groups excluding carboxylic acids is 1. The van der Waals surface area contributed by atoms with Gasteiger partial charge in [-0.1, -0.05) is 18.2 Å². The molecule has 5 rings (SSSR count). The van der Waals surface area contributed by atoms with Gasteiger partial charge in [-0.05, 0) is 63.4 Å². The average Bonchev–Trinajstić information content (AvgIpc) is 3.37. The van der Waals surface area contributed by atoms with E-state index in [-0.39, 0.29) is 12.4 Å². The van der Waals surface area contributed by atoms with Crippen LogP contribution in [0.15, 0.2) is 53.8 Å². The van der Waals surface area contributed by atoms with Crippen molar-refractivity contribution in [3.8, 4) is 5.00 Å². The summed E-state index contributed by atoms with van der Waals surface area (Å²) in [6.45, 7) is 9.13. The van der Waals surface area contributed by atoms with Gasteiger partial charge >= 0.3 is 5.97 Å². The number of aliphatic imine (C=N–C) groups is 1. The van der Waals surface area contributed by atoms with E-state index in [0.29, 0.717) is 12.4 Å². The lowest BCUT2D eigenvalue weighted by Crippen LogP contribution is -2.13. The Morgan fingerprint density at radius 2 is 1.95 bits per heavy atom. The molecule has 0 amide bonds. The van der Waals surface area contributed by atoms with Gasteiger partial charge in [0.1, 0.15) is 16.9 Å². The van der Waals surface area contributed by atoms with Gasteiger partial charge in [0, 0.05) is 40.6 Å². The summed E-state index contributed by atoms with van der Waals surface area (Å²) < 4.78 is 7.31. The number of pyridine rings is 1. The maximum atomic E-state index is 12.5. The molecule has 37 heavy (non-hydrogen) atoms. The second kappa shape index (κ2) is 10.6. The minimum absolute atomic E-state index is 0.108. The molecule has 4 heterocycles. The Labute approximate surface area is 220 Å². The van der Waals surface area contributed by atoms with Crippen molar-refractivity contribution in [3.05, 3.63) is 87.6 Å². The monoisotopic (exact) mass is 514 g/mol. The SMILES string of the molecule is CCOC(=O)C[C@@H]1N=C(c2ccc(NCCc3cccnc3)cc2)c2c(sc(C)c2C)-n2c(C)nnc21. The van der Waals surface area contributed by atoms with E-state index >= 15 is 0 Å². The lowest BCUT2D eigenvalue weighted by molar-refractivity contribution is -0.143. The Hall–Kier alpha value is -3.85. The highest BCUT2D eigenvalue weighted by molar-refractivity contribution is 7.15. The maximum absolute atomic E-state index is 12.5. The molecule has 1 aromatic carbocycles. The predicted octanol–water partition coefficient (Wildman–Crippen LogP) is 5.15. The van der Waals surface area contributed by atoms with Crippen LogP contribution >= 0.6 is 11.3 Å². The summed E-state index contributed by atoms with van der Waals surface area (Å²) in [5.41, 5.74) is 6.33. The van der Waals surface area contributed by atoms with Crippen molar-refractivity contribution in [2.24, 2.45) is 4.99 Å². The molecule has 0 radical (unpaired) electrons. The number of nitrogens with one attached hydrogen (secondary N) is 1. The van der Waals surface area contributed by atoms with Crippen LogP contribution in [0.3, 0.4) is 0 Å². The van der Waals surface area contributed by atoms with Crippen molar-refractivity contribution in [2.75, 3.05) is 18.5 Å². The zero-order chi connectivity index (χ0) is 25.9. The van der Waals surface area contributed by atoms with E-state index in [9.17, 15) is 4.79 Å². The topological polar surface area (TPSA) is 94.3 Å². The Morgan fingerprint density at radius 3 is 2.68 bits per heavy atom. The summed E-state index contributed by atoms with van der Waals surface area (Å²) in [5, 5.41) is 13.3. The highest BCUT2D eigenvalue weighted by Gasteiger charge is 2.32. The van der Waals surface area contributed by atoms with Crippen LogP contribution in [0.25, 0.3) is 5.00 Å². The van der Waals surface area contributed by atoms with E-state index in [1.165, 1.54) is 16.0 Å². The maximum Gasteiger partial charge on any atom is 0.308 e. The van der Waals surface area contributed by atoms with E-state index < -0.39 is 6.04 Å². The number of esters is 1. The number of carbonyl (C=O) groups is 1. The second-order valence-corrected chi connectivity index (χ2v) is 10.2. The Balaban J connectivity index is 1.49. The lowest BCUT2D eigenvalue weighted by atomic mass is 9.99. The highest BCUT2D eigenvalue weighted by Crippen LogP contribution is 2.39. The molecule has 3 aromatic heterocycles. The van der Waals surface area contributed by atoms with E-state index in [1.807, 2.05) is 26.1 Å². The molecule has 1 atom stereocenters. The molecule has 0 fully saturated rings. The minimum Gasteiger partial charge on any atom is -0.466 e. The van der Waals surface area contributed by atoms with Crippen molar-refractivity contribution in [2.45, 2.75) is 46.6 Å². The summed E-state index contributed by atoms with van der Waals surface area (Å²) in [7, 11) is 0. The molecule has 8 nitrogen and oxygen atoms in total. The van der Waals surface area contributed by atoms with Crippen molar-refractivity contribution in [3.63, 3.8) is 0 Å². The molecule has 190 valence electrons. The van der Waals surface area contributed by atoms with Crippen molar-refractivity contribution in [1.29, 1.82) is 0 Å². The lowest BCUT2D eigenvalue weighted by Gasteiger charge is -2.13. The Bertz CT molecular complexity index is 1440. The number of anilines is 1. The van der Waals surface area contributed by atoms with E-state index in [2.05, 4.69) is 69.2 Å². The van der Waals surface area contributed by atoms with Crippen LogP contribution in [0.1, 0.15) is 58.2 Å². The van der Waals surface area contributed by atoms with E-state index in [0.717, 1.165) is 46.3 Å². The van der Waals surface area contributed by atoms with Crippen LogP contribution in [-0.2, 0) is 16.0 Å². The summed E-state index contributed by atoms with van der Waals surface area (Å²) in [4.78, 5) is 23.0. The summed E-state index contributed by atoms with van der Waals surface area (Å²) >= 11 is 1.70. The predicted molar refractivity (Wildman–Crippen MR) is 146 cm³/mol. The normalized spacial score (nSPS) is 14.4. The number of benzene rings is 1. The average molecular weight is 515 g/mol. The summed E-state index contributed by atoms with van der Waals surface area (Å²) in [6, 6.07) is 11.9. The quantitative estimate of drug-likeness (QED) is 0.327. The van der Waals surface area contributed by atoms with Crippen LogP contribution in [0.4, 0.5) is 5.69 Å². The molecule has 1 aliphatic heterocycles. The molecule has 0 bridgehead atoms. The van der Waals surface area contributed by atoms with Gasteiger partial charge in [-0.25, -0.2) is 0 Å². The smallest absolute Gasteiger partial charge is 0.308 e. The number of thiophene rings is 1. The van der Waals surface area contributed by atoms with Crippen molar-refractivity contribution in [1.82, 2.24) is 19.7 Å². The number of nitrogens with zero attached hydrogens (tertiary/aromatic N) is 5. The molecular weight excluding hydrogens is 484 g/mol. The van der Waals surface area contributed by atoms with Gasteiger partial charge in [-0.15, -0.1) is 21.5 Å². The van der Waals surface area contributed by atoms with E-state index in [4.69, 9.17) is 9.73 Å². The molecular formula is C28H30N6O2S. The van der Waals surface area contributed by atoms with Gasteiger partial charge in [-0.3, -0.25) is 19.3 Å². The molecule has 0 saturated heterocycles. The largest absolute Gasteiger partial charge is 0.466 e. The fraction of sp³-hybridized carbons (Fsp3) is 0.321. The number of hydrogen-bond donors (Lipinski definition) is 1. The number of ether oxygens (including phenoxy) is 1. The van der Waals surface area contributed by atoms with Crippen LogP contribution in [0, 0.1) is 20.8 Å². The molecule has 4 aromatic rings. The third-order valence-corrected chi connectivity index (χ3v) is 7.72. The van der Waals surface area contributed by atoms with Gasteiger partial charge in [0.25, 0.3) is 0 Å². The number of rotatable bonds is 8. The van der Waals surface area contributed by atoms with Gasteiger partial charge in [0.15, 0.2) is 5.82 Å². The molecule has 1 N–H and O–H groups in total. The Kier molecular flexibility index (Phi) is 7.14. The zero-order valence-corrected chi connectivity index (χ0v) is 22.3. The van der Waals surface area contributed by atoms with Crippen LogP contribution in [0.5, 0.6) is 0 Å². The number of fused-ring (bicyclic) bond motifs is 3. The molecule has 0 aliphatic carbocycles. The van der Waals surface area contributed by atoms with Crippen molar-refractivity contribution >= 4 is 28.7 Å². The molecule has 0 saturated carbocycles. The van der Waals surface area contributed by atoms with Crippen molar-refractivity contribution < 1.29 is 9.53 Å². The first-order valence-electron chi connectivity index (χ1n) is 12.5. The van der Waals surface area contributed by atoms with Crippen LogP contribution in [0.2, 0.25) is 0 Å². The van der Waals surface area contributed by atoms with Gasteiger partial charge in [0.05, 0.1) is 18.7 Å². The first-order chi connectivity index (χ1) is 18.0. The zero-order valence-electron chi connectivity index (χ0n) is 21.5. The van der Waals surface area contributed by atoms with E-state index in [1.54, 1.807) is 17.5 Å². The fourth-order valence-electron chi connectivity index (χ4n) is 4.55. The second-order valence-electron chi connectivity index (χ2n) is 9.02. The number of aromatic nitrogens is 4. The Morgan fingerprint density at radius 1 is 1.14 bits per heavy atom. The molecule has 1 aliphatic rings. The summed E-state index contributed by atoms with van der Waals surface area (Å²) in [6.07, 6.45) is 4.69. The van der Waals surface area contributed by atoms with Gasteiger partial charge in [0.2, 0.25) is 0 Å². The standard InChI is InChI=1S/C28H30N6O2S/c1-5-36-24(35)15-23-27-33-32-19(4)34(27)28-25(17(2)18(3)37-28)26(31-23)21-8-10-22(11-9-21)30-14-12-20-7-6-13-29-16-20/h6-11,13,16,23,30H,5,12,14-15H2,1-4H3/t23-/m0/s1. The number of aryl methyl sites for hydroxylation is 2. The molecule has 0 unspecified atom stereocenters. The van der Waals surface area contributed by atoms with Crippen LogP contribution < -0.4 is 5.32 Å². The first-order valence-corrected chi connectivity index (χ1v) is 13.3. The number of hydrogen-bond acceptors (Lipinski definition) is 8. The third kappa shape index (κ3) is 5.04. The molecule has 9 heteroatoms. The first kappa shape index (κ1) is 24.8. The van der Waals surface area contributed by atoms with Gasteiger partial charge in [-0.2, -0.15) is 0 Å². The summed E-state index contributed by atoms with van der Waals surface area (Å²) in [5.74, 6) is 1.14. The van der Waals surface area contributed by atoms with Crippen LogP contribution in [-0.4, -0.2) is 44.6 Å². The third-order valence-electron chi connectivity index (χ3n) is 6.53. The van der Waals surface area contributed by atoms with Gasteiger partial charge < -0.3 is 10.1 Å².